The lowest BCUT2D eigenvalue weighted by Gasteiger charge is -2.10. The van der Waals surface area contributed by atoms with Gasteiger partial charge in [0, 0.05) is 17.5 Å². The molecule has 2 aromatic rings. The van der Waals surface area contributed by atoms with Gasteiger partial charge in [-0.1, -0.05) is 0 Å². The van der Waals surface area contributed by atoms with Gasteiger partial charge in [0.25, 0.3) is 5.91 Å². The third-order valence-electron chi connectivity index (χ3n) is 3.42. The summed E-state index contributed by atoms with van der Waals surface area (Å²) < 4.78 is 5.32. The Labute approximate surface area is 145 Å². The lowest BCUT2D eigenvalue weighted by Crippen LogP contribution is -2.37. The van der Waals surface area contributed by atoms with E-state index >= 15 is 0 Å². The van der Waals surface area contributed by atoms with Crippen molar-refractivity contribution in [2.24, 2.45) is 0 Å². The number of thiazole rings is 1. The number of nitrogens with one attached hydrogen (secondary N) is 2. The number of hydrogen-bond donors (Lipinski definition) is 2. The Morgan fingerprint density at radius 3 is 3.00 bits per heavy atom. The second-order valence-electron chi connectivity index (χ2n) is 4.90. The monoisotopic (exact) mass is 363 g/mol. The number of carbonyl (C=O) groups excluding carboxylic acids is 1. The molecule has 2 N–H and O–H groups in total. The van der Waals surface area contributed by atoms with E-state index in [2.05, 4.69) is 15.6 Å². The molecule has 0 spiro atoms. The Hall–Kier alpha value is -1.08. The molecule has 3 rings (SSSR count). The van der Waals surface area contributed by atoms with Crippen LogP contribution in [0.1, 0.15) is 28.2 Å². The summed E-state index contributed by atoms with van der Waals surface area (Å²) >= 11 is 1.48. The Morgan fingerprint density at radius 1 is 1.55 bits per heavy atom. The summed E-state index contributed by atoms with van der Waals surface area (Å²) in [6, 6.07) is 4.06. The molecule has 0 aliphatic carbocycles. The first-order chi connectivity index (χ1) is 9.74. The van der Waals surface area contributed by atoms with Crippen molar-refractivity contribution in [2.45, 2.75) is 25.8 Å². The van der Waals surface area contributed by atoms with E-state index in [0.717, 1.165) is 22.9 Å². The molecule has 0 saturated carbocycles. The van der Waals surface area contributed by atoms with Crippen LogP contribution < -0.4 is 10.6 Å². The summed E-state index contributed by atoms with van der Waals surface area (Å²) in [5.74, 6) is 0.597. The van der Waals surface area contributed by atoms with Crippen LogP contribution in [0.3, 0.4) is 0 Å². The van der Waals surface area contributed by atoms with Gasteiger partial charge in [0.15, 0.2) is 10.8 Å². The van der Waals surface area contributed by atoms with Gasteiger partial charge in [-0.3, -0.25) is 4.79 Å². The number of hydrogen-bond acceptors (Lipinski definition) is 5. The Bertz CT molecular complexity index is 595. The second-order valence-corrected chi connectivity index (χ2v) is 6.11. The zero-order chi connectivity index (χ0) is 13.9. The normalized spacial score (nSPS) is 16.7. The number of halogens is 2. The van der Waals surface area contributed by atoms with Crippen LogP contribution in [0.4, 0.5) is 0 Å². The van der Waals surface area contributed by atoms with Crippen molar-refractivity contribution in [3.8, 4) is 10.8 Å². The van der Waals surface area contributed by atoms with Gasteiger partial charge in [-0.15, -0.1) is 36.2 Å². The van der Waals surface area contributed by atoms with Gasteiger partial charge in [0.1, 0.15) is 5.69 Å². The largest absolute Gasteiger partial charge is 0.462 e. The summed E-state index contributed by atoms with van der Waals surface area (Å²) in [5, 5.41) is 7.06. The average Bonchev–Trinajstić information content (AvgIpc) is 3.17. The van der Waals surface area contributed by atoms with Gasteiger partial charge in [-0.25, -0.2) is 4.98 Å². The molecule has 0 bridgehead atoms. The molecule has 2 aromatic heterocycles. The lowest BCUT2D eigenvalue weighted by molar-refractivity contribution is 0.0945. The number of nitrogens with zero attached hydrogens (tertiary/aromatic N) is 1. The zero-order valence-electron chi connectivity index (χ0n) is 12.1. The number of aromatic nitrogens is 1. The molecular weight excluding hydrogens is 345 g/mol. The molecule has 8 heteroatoms. The van der Waals surface area contributed by atoms with Crippen LogP contribution in [0.15, 0.2) is 22.8 Å². The lowest BCUT2D eigenvalue weighted by atomic mass is 10.2. The van der Waals surface area contributed by atoms with Crippen molar-refractivity contribution in [2.75, 3.05) is 13.1 Å². The first-order valence-electron chi connectivity index (χ1n) is 6.77. The van der Waals surface area contributed by atoms with Crippen LogP contribution in [0.25, 0.3) is 10.8 Å². The van der Waals surface area contributed by atoms with E-state index in [1.165, 1.54) is 17.8 Å². The maximum Gasteiger partial charge on any atom is 0.271 e. The predicted molar refractivity (Wildman–Crippen MR) is 92.4 cm³/mol. The van der Waals surface area contributed by atoms with Crippen LogP contribution >= 0.6 is 36.2 Å². The van der Waals surface area contributed by atoms with E-state index in [9.17, 15) is 4.79 Å². The molecule has 0 aromatic carbocycles. The Kier molecular flexibility index (Phi) is 7.35. The van der Waals surface area contributed by atoms with Gasteiger partial charge in [-0.05, 0) is 38.4 Å². The fourth-order valence-corrected chi connectivity index (χ4v) is 3.22. The maximum atomic E-state index is 12.2. The molecule has 1 aliphatic rings. The summed E-state index contributed by atoms with van der Waals surface area (Å²) in [4.78, 5) is 17.5. The minimum atomic E-state index is -0.106. The van der Waals surface area contributed by atoms with E-state index in [-0.39, 0.29) is 30.7 Å². The summed E-state index contributed by atoms with van der Waals surface area (Å²) in [6.45, 7) is 3.61. The van der Waals surface area contributed by atoms with Gasteiger partial charge >= 0.3 is 0 Å². The van der Waals surface area contributed by atoms with Crippen molar-refractivity contribution in [3.63, 3.8) is 0 Å². The van der Waals surface area contributed by atoms with Crippen LogP contribution in [-0.4, -0.2) is 30.0 Å². The van der Waals surface area contributed by atoms with Gasteiger partial charge < -0.3 is 15.1 Å². The summed E-state index contributed by atoms with van der Waals surface area (Å²) in [7, 11) is 0. The smallest absolute Gasteiger partial charge is 0.271 e. The standard InChI is InChI=1S/C14H17N3O2S.2ClH/c1-9-12(13(18)16-8-10-4-2-6-15-10)17-14(20-9)11-5-3-7-19-11;;/h3,5,7,10,15H,2,4,6,8H2,1H3,(H,16,18);2*1H. The topological polar surface area (TPSA) is 67.2 Å². The molecule has 1 atom stereocenters. The van der Waals surface area contributed by atoms with E-state index in [4.69, 9.17) is 4.42 Å². The molecule has 3 heterocycles. The highest BCUT2D eigenvalue weighted by Crippen LogP contribution is 2.27. The molecule has 0 radical (unpaired) electrons. The average molecular weight is 364 g/mol. The fourth-order valence-electron chi connectivity index (χ4n) is 2.34. The zero-order valence-corrected chi connectivity index (χ0v) is 14.6. The maximum absolute atomic E-state index is 12.2. The van der Waals surface area contributed by atoms with Crippen LogP contribution in [0.2, 0.25) is 0 Å². The van der Waals surface area contributed by atoms with Gasteiger partial charge in [0.05, 0.1) is 6.26 Å². The van der Waals surface area contributed by atoms with Crippen LogP contribution in [0.5, 0.6) is 0 Å². The molecule has 1 unspecified atom stereocenters. The first kappa shape index (κ1) is 19.0. The molecule has 1 fully saturated rings. The highest BCUT2D eigenvalue weighted by molar-refractivity contribution is 7.15. The van der Waals surface area contributed by atoms with Crippen LogP contribution in [-0.2, 0) is 0 Å². The Morgan fingerprint density at radius 2 is 2.36 bits per heavy atom. The molecule has 1 saturated heterocycles. The fraction of sp³-hybridized carbons (Fsp3) is 0.429. The number of amides is 1. The minimum absolute atomic E-state index is 0. The minimum Gasteiger partial charge on any atom is -0.462 e. The summed E-state index contributed by atoms with van der Waals surface area (Å²) in [6.07, 6.45) is 3.91. The number of furan rings is 1. The Balaban J connectivity index is 0.00000121. The van der Waals surface area contributed by atoms with Crippen molar-refractivity contribution in [3.05, 3.63) is 29.0 Å². The number of aryl methyl sites for hydroxylation is 1. The molecule has 122 valence electrons. The van der Waals surface area contributed by atoms with E-state index in [1.54, 1.807) is 6.26 Å². The molecular formula is C14H19Cl2N3O2S. The van der Waals surface area contributed by atoms with Crippen LogP contribution in [0, 0.1) is 6.92 Å². The molecule has 22 heavy (non-hydrogen) atoms. The van der Waals surface area contributed by atoms with Gasteiger partial charge in [-0.2, -0.15) is 0 Å². The molecule has 1 amide bonds. The van der Waals surface area contributed by atoms with E-state index < -0.39 is 0 Å². The van der Waals surface area contributed by atoms with Crippen molar-refractivity contribution >= 4 is 42.1 Å². The van der Waals surface area contributed by atoms with E-state index in [1.807, 2.05) is 19.1 Å². The second kappa shape index (κ2) is 8.53. The third-order valence-corrected chi connectivity index (χ3v) is 4.40. The SMILES string of the molecule is Cc1sc(-c2ccco2)nc1C(=O)NCC1CCCN1.Cl.Cl. The van der Waals surface area contributed by atoms with Gasteiger partial charge in [0.2, 0.25) is 0 Å². The van der Waals surface area contributed by atoms with Crippen molar-refractivity contribution < 1.29 is 9.21 Å². The quantitative estimate of drug-likeness (QED) is 0.875. The molecule has 1 aliphatic heterocycles. The highest BCUT2D eigenvalue weighted by atomic mass is 35.5. The first-order valence-corrected chi connectivity index (χ1v) is 7.58. The third kappa shape index (κ3) is 4.23. The molecule has 5 nitrogen and oxygen atoms in total. The number of carbonyl (C=O) groups is 1. The van der Waals surface area contributed by atoms with Crippen molar-refractivity contribution in [1.29, 1.82) is 0 Å². The van der Waals surface area contributed by atoms with Crippen molar-refractivity contribution in [1.82, 2.24) is 15.6 Å². The summed E-state index contributed by atoms with van der Waals surface area (Å²) in [5.41, 5.74) is 0.499. The highest BCUT2D eigenvalue weighted by Gasteiger charge is 2.19. The number of rotatable bonds is 4. The van der Waals surface area contributed by atoms with E-state index in [0.29, 0.717) is 24.0 Å². The predicted octanol–water partition coefficient (Wildman–Crippen LogP) is 3.04.